The van der Waals surface area contributed by atoms with Crippen molar-refractivity contribution in [3.05, 3.63) is 94.8 Å². The maximum atomic E-state index is 12.8. The number of rotatable bonds is 7. The fourth-order valence-corrected chi connectivity index (χ4v) is 4.58. The number of hydrazone groups is 1. The smallest absolute Gasteiger partial charge is 0.283 e. The van der Waals surface area contributed by atoms with Crippen LogP contribution < -0.4 is 9.47 Å². The predicted molar refractivity (Wildman–Crippen MR) is 141 cm³/mol. The van der Waals surface area contributed by atoms with Crippen molar-refractivity contribution < 1.29 is 14.3 Å². The van der Waals surface area contributed by atoms with Crippen LogP contribution in [0.2, 0.25) is 0 Å². The number of benzene rings is 2. The number of carbonyl (C=O) groups excluding carboxylic acids is 1. The van der Waals surface area contributed by atoms with E-state index in [1.807, 2.05) is 62.4 Å². The molecule has 0 fully saturated rings. The van der Waals surface area contributed by atoms with E-state index in [2.05, 4.69) is 15.1 Å². The second-order valence-electron chi connectivity index (χ2n) is 8.02. The van der Waals surface area contributed by atoms with Gasteiger partial charge in [0.25, 0.3) is 5.91 Å². The second-order valence-corrected chi connectivity index (χ2v) is 8.98. The molecule has 180 valence electrons. The van der Waals surface area contributed by atoms with Gasteiger partial charge in [-0.3, -0.25) is 15.2 Å². The molecule has 0 saturated heterocycles. The molecule has 3 heterocycles. The van der Waals surface area contributed by atoms with E-state index in [9.17, 15) is 4.79 Å². The second kappa shape index (κ2) is 10.2. The number of aromatic nitrogens is 1. The zero-order valence-corrected chi connectivity index (χ0v) is 20.6. The maximum absolute atomic E-state index is 12.8. The average Bonchev–Trinajstić information content (AvgIpc) is 3.32. The highest BCUT2D eigenvalue weighted by Gasteiger charge is 2.36. The van der Waals surface area contributed by atoms with Crippen LogP contribution in [0.4, 0.5) is 0 Å². The van der Waals surface area contributed by atoms with Crippen molar-refractivity contribution in [3.63, 3.8) is 0 Å². The summed E-state index contributed by atoms with van der Waals surface area (Å²) in [5, 5.41) is 15.5. The van der Waals surface area contributed by atoms with E-state index in [1.54, 1.807) is 24.5 Å². The standard InChI is InChI=1S/C27H23N5O3S/c1-3-34-23-14-18(10-11-22(23)35-16-20-8-5-4-7-17(20)2)13-21-24(28)32-27(30-25(21)33)36-26(31-32)19-9-6-12-29-15-19/h4-15,28H,3,16H2,1-2H3/b21-13-,28-24?. The van der Waals surface area contributed by atoms with Crippen LogP contribution in [-0.2, 0) is 11.4 Å². The molecular weight excluding hydrogens is 474 g/mol. The van der Waals surface area contributed by atoms with Gasteiger partial charge in [-0.15, -0.1) is 0 Å². The highest BCUT2D eigenvalue weighted by Crippen LogP contribution is 2.33. The Balaban J connectivity index is 1.40. The number of hydrogen-bond acceptors (Lipinski definition) is 7. The number of hydrogen-bond donors (Lipinski definition) is 1. The van der Waals surface area contributed by atoms with Gasteiger partial charge in [0.2, 0.25) is 5.17 Å². The first kappa shape index (κ1) is 23.5. The van der Waals surface area contributed by atoms with Gasteiger partial charge in [0, 0.05) is 18.0 Å². The molecule has 0 atom stereocenters. The van der Waals surface area contributed by atoms with Gasteiger partial charge < -0.3 is 9.47 Å². The number of nitrogens with one attached hydrogen (secondary N) is 1. The van der Waals surface area contributed by atoms with Crippen LogP contribution in [0.15, 0.2) is 82.7 Å². The van der Waals surface area contributed by atoms with E-state index in [0.717, 1.165) is 16.7 Å². The topological polar surface area (TPSA) is 100 Å². The normalized spacial score (nSPS) is 16.1. The third-order valence-corrected chi connectivity index (χ3v) is 6.54. The first-order valence-electron chi connectivity index (χ1n) is 11.4. The van der Waals surface area contributed by atoms with Crippen LogP contribution >= 0.6 is 11.8 Å². The van der Waals surface area contributed by atoms with Crippen LogP contribution in [0.1, 0.15) is 29.2 Å². The Labute approximate surface area is 212 Å². The Bertz CT molecular complexity index is 1430. The summed E-state index contributed by atoms with van der Waals surface area (Å²) in [7, 11) is 0. The zero-order valence-electron chi connectivity index (χ0n) is 19.8. The van der Waals surface area contributed by atoms with Crippen molar-refractivity contribution in [3.8, 4) is 11.5 Å². The summed E-state index contributed by atoms with van der Waals surface area (Å²) in [5.41, 5.74) is 3.88. The average molecular weight is 498 g/mol. The quantitative estimate of drug-likeness (QED) is 0.459. The summed E-state index contributed by atoms with van der Waals surface area (Å²) in [4.78, 5) is 21.1. The molecule has 3 aromatic rings. The van der Waals surface area contributed by atoms with E-state index in [-0.39, 0.29) is 11.4 Å². The fourth-order valence-electron chi connectivity index (χ4n) is 3.69. The number of aryl methyl sites for hydroxylation is 1. The van der Waals surface area contributed by atoms with Crippen molar-refractivity contribution in [2.45, 2.75) is 20.5 Å². The Kier molecular flexibility index (Phi) is 6.64. The van der Waals surface area contributed by atoms with Gasteiger partial charge >= 0.3 is 0 Å². The molecule has 0 aliphatic carbocycles. The first-order chi connectivity index (χ1) is 17.5. The van der Waals surface area contributed by atoms with Crippen molar-refractivity contribution >= 4 is 39.8 Å². The van der Waals surface area contributed by atoms with Gasteiger partial charge in [-0.2, -0.15) is 15.1 Å². The molecular formula is C27H23N5O3S. The van der Waals surface area contributed by atoms with E-state index >= 15 is 0 Å². The summed E-state index contributed by atoms with van der Waals surface area (Å²) < 4.78 is 11.9. The molecule has 1 aromatic heterocycles. The molecule has 0 spiro atoms. The van der Waals surface area contributed by atoms with Gasteiger partial charge in [0.15, 0.2) is 17.3 Å². The minimum atomic E-state index is -0.487. The number of aliphatic imine (C=N–C) groups is 1. The van der Waals surface area contributed by atoms with Crippen molar-refractivity contribution in [2.75, 3.05) is 6.61 Å². The Hall–Kier alpha value is -4.24. The lowest BCUT2D eigenvalue weighted by Gasteiger charge is -2.20. The third-order valence-electron chi connectivity index (χ3n) is 5.59. The highest BCUT2D eigenvalue weighted by molar-refractivity contribution is 8.27. The number of carbonyl (C=O) groups is 1. The van der Waals surface area contributed by atoms with Crippen molar-refractivity contribution in [1.29, 1.82) is 5.41 Å². The number of thioether (sulfide) groups is 1. The molecule has 2 aliphatic heterocycles. The van der Waals surface area contributed by atoms with Crippen LogP contribution in [0, 0.1) is 12.3 Å². The van der Waals surface area contributed by atoms with Crippen molar-refractivity contribution in [1.82, 2.24) is 9.99 Å². The molecule has 8 nitrogen and oxygen atoms in total. The molecule has 1 amide bonds. The Morgan fingerprint density at radius 3 is 2.72 bits per heavy atom. The van der Waals surface area contributed by atoms with E-state index in [1.165, 1.54) is 16.8 Å². The Morgan fingerprint density at radius 1 is 1.08 bits per heavy atom. The van der Waals surface area contributed by atoms with Gasteiger partial charge in [0.05, 0.1) is 12.2 Å². The maximum Gasteiger partial charge on any atom is 0.283 e. The number of fused-ring (bicyclic) bond motifs is 1. The summed E-state index contributed by atoms with van der Waals surface area (Å²) in [6.45, 7) is 4.82. The number of amidine groups is 2. The molecule has 2 aromatic carbocycles. The number of ether oxygens (including phenoxy) is 2. The highest BCUT2D eigenvalue weighted by atomic mass is 32.2. The molecule has 0 radical (unpaired) electrons. The SMILES string of the molecule is CCOc1cc(/C=C2/C(=N)N3N=C(c4cccnc4)SC3=NC2=O)ccc1OCc1ccccc1C. The third kappa shape index (κ3) is 4.78. The van der Waals surface area contributed by atoms with E-state index < -0.39 is 5.91 Å². The minimum Gasteiger partial charge on any atom is -0.490 e. The lowest BCUT2D eigenvalue weighted by Crippen LogP contribution is -2.35. The predicted octanol–water partition coefficient (Wildman–Crippen LogP) is 5.04. The molecule has 1 N–H and O–H groups in total. The zero-order chi connectivity index (χ0) is 25.1. The molecule has 0 saturated carbocycles. The van der Waals surface area contributed by atoms with Crippen LogP contribution in [0.5, 0.6) is 11.5 Å². The van der Waals surface area contributed by atoms with Crippen molar-refractivity contribution in [2.24, 2.45) is 10.1 Å². The summed E-state index contributed by atoms with van der Waals surface area (Å²) in [6.07, 6.45) is 4.99. The lowest BCUT2D eigenvalue weighted by molar-refractivity contribution is -0.114. The molecule has 2 aliphatic rings. The van der Waals surface area contributed by atoms with Crippen LogP contribution in [-0.4, -0.2) is 38.6 Å². The summed E-state index contributed by atoms with van der Waals surface area (Å²) in [5.74, 6) is 0.649. The fraction of sp³-hybridized carbons (Fsp3) is 0.148. The van der Waals surface area contributed by atoms with Gasteiger partial charge in [0.1, 0.15) is 11.7 Å². The van der Waals surface area contributed by atoms with Gasteiger partial charge in [-0.1, -0.05) is 30.3 Å². The van der Waals surface area contributed by atoms with Gasteiger partial charge in [-0.25, -0.2) is 0 Å². The first-order valence-corrected chi connectivity index (χ1v) is 12.2. The Morgan fingerprint density at radius 2 is 1.94 bits per heavy atom. The molecule has 36 heavy (non-hydrogen) atoms. The van der Waals surface area contributed by atoms with E-state index in [4.69, 9.17) is 14.9 Å². The summed E-state index contributed by atoms with van der Waals surface area (Å²) >= 11 is 1.24. The number of amides is 1. The van der Waals surface area contributed by atoms with Crippen LogP contribution in [0.25, 0.3) is 6.08 Å². The van der Waals surface area contributed by atoms with Crippen LogP contribution in [0.3, 0.4) is 0 Å². The molecule has 0 unspecified atom stereocenters. The monoisotopic (exact) mass is 497 g/mol. The molecule has 0 bridgehead atoms. The number of nitrogens with zero attached hydrogens (tertiary/aromatic N) is 4. The van der Waals surface area contributed by atoms with Gasteiger partial charge in [-0.05, 0) is 72.6 Å². The van der Waals surface area contributed by atoms with E-state index in [0.29, 0.717) is 40.5 Å². The minimum absolute atomic E-state index is 0.0331. The lowest BCUT2D eigenvalue weighted by atomic mass is 10.1. The molecule has 9 heteroatoms. The molecule has 5 rings (SSSR count). The summed E-state index contributed by atoms with van der Waals surface area (Å²) in [6, 6.07) is 17.2. The number of pyridine rings is 1. The largest absolute Gasteiger partial charge is 0.490 e.